The number of piperazine rings is 1. The first-order valence-electron chi connectivity index (χ1n) is 14.2. The Hall–Kier alpha value is -3.74. The predicted octanol–water partition coefficient (Wildman–Crippen LogP) is 4.81. The van der Waals surface area contributed by atoms with Gasteiger partial charge < -0.3 is 19.9 Å². The van der Waals surface area contributed by atoms with Crippen LogP contribution in [0.4, 0.5) is 28.9 Å². The Labute approximate surface area is 247 Å². The molecular weight excluding hydrogens is 566 g/mol. The third-order valence-electron chi connectivity index (χ3n) is 8.26. The molecular formula is C31H35F4N5O3. The maximum Gasteiger partial charge on any atom is 0.417 e. The highest BCUT2D eigenvalue weighted by molar-refractivity contribution is 6.07. The zero-order valence-corrected chi connectivity index (χ0v) is 24.3. The van der Waals surface area contributed by atoms with Gasteiger partial charge in [0.05, 0.1) is 35.7 Å². The number of alkyl halides is 3. The van der Waals surface area contributed by atoms with Crippen LogP contribution in [0.15, 0.2) is 53.5 Å². The summed E-state index contributed by atoms with van der Waals surface area (Å²) in [6.07, 6.45) is -4.18. The molecule has 0 radical (unpaired) electrons. The van der Waals surface area contributed by atoms with Crippen LogP contribution in [0, 0.1) is 5.82 Å². The quantitative estimate of drug-likeness (QED) is 0.395. The topological polar surface area (TPSA) is 80.9 Å². The van der Waals surface area contributed by atoms with Crippen LogP contribution in [-0.2, 0) is 17.5 Å². The number of carbonyl (C=O) groups excluding carboxylic acids is 1. The van der Waals surface area contributed by atoms with Gasteiger partial charge in [0.25, 0.3) is 5.91 Å². The van der Waals surface area contributed by atoms with Crippen molar-refractivity contribution in [3.8, 4) is 11.1 Å². The maximum atomic E-state index is 15.9. The number of H-pyrrole nitrogens is 1. The fourth-order valence-electron chi connectivity index (χ4n) is 5.69. The number of halogens is 4. The van der Waals surface area contributed by atoms with Crippen molar-refractivity contribution in [1.29, 1.82) is 0 Å². The number of carbonyl (C=O) groups is 1. The maximum absolute atomic E-state index is 15.9. The molecule has 0 aliphatic carbocycles. The van der Waals surface area contributed by atoms with E-state index < -0.39 is 34.6 Å². The zero-order chi connectivity index (χ0) is 30.9. The summed E-state index contributed by atoms with van der Waals surface area (Å²) in [7, 11) is 2.00. The molecule has 230 valence electrons. The number of pyridine rings is 1. The van der Waals surface area contributed by atoms with E-state index in [1.54, 1.807) is 6.07 Å². The molecule has 43 heavy (non-hydrogen) atoms. The number of anilines is 2. The van der Waals surface area contributed by atoms with E-state index in [0.717, 1.165) is 24.8 Å². The highest BCUT2D eigenvalue weighted by atomic mass is 19.4. The number of amides is 1. The third kappa shape index (κ3) is 6.92. The first kappa shape index (κ1) is 30.7. The van der Waals surface area contributed by atoms with Crippen LogP contribution < -0.4 is 15.8 Å². The predicted molar refractivity (Wildman–Crippen MR) is 157 cm³/mol. The van der Waals surface area contributed by atoms with Gasteiger partial charge in [-0.05, 0) is 50.2 Å². The van der Waals surface area contributed by atoms with Gasteiger partial charge in [0.15, 0.2) is 0 Å². The van der Waals surface area contributed by atoms with E-state index >= 15 is 4.39 Å². The number of aromatic amines is 1. The summed E-state index contributed by atoms with van der Waals surface area (Å²) in [6.45, 7) is 8.62. The summed E-state index contributed by atoms with van der Waals surface area (Å²) in [4.78, 5) is 33.5. The number of aromatic nitrogens is 1. The summed E-state index contributed by atoms with van der Waals surface area (Å²) in [5.41, 5.74) is -0.788. The lowest BCUT2D eigenvalue weighted by atomic mass is 9.99. The van der Waals surface area contributed by atoms with Crippen LogP contribution in [0.25, 0.3) is 11.1 Å². The van der Waals surface area contributed by atoms with Crippen LogP contribution in [0.5, 0.6) is 0 Å². The molecule has 0 unspecified atom stereocenters. The van der Waals surface area contributed by atoms with Crippen LogP contribution >= 0.6 is 0 Å². The lowest BCUT2D eigenvalue weighted by Crippen LogP contribution is -2.55. The minimum atomic E-state index is -4.93. The molecule has 2 fully saturated rings. The summed E-state index contributed by atoms with van der Waals surface area (Å²) >= 11 is 0. The van der Waals surface area contributed by atoms with E-state index in [9.17, 15) is 22.8 Å². The van der Waals surface area contributed by atoms with E-state index in [4.69, 9.17) is 4.74 Å². The fraction of sp³-hybridized carbons (Fsp3) is 0.419. The monoisotopic (exact) mass is 601 g/mol. The van der Waals surface area contributed by atoms with Crippen LogP contribution in [-0.4, -0.2) is 79.2 Å². The van der Waals surface area contributed by atoms with Crippen molar-refractivity contribution in [1.82, 2.24) is 14.8 Å². The molecule has 0 saturated carbocycles. The van der Waals surface area contributed by atoms with Crippen molar-refractivity contribution in [2.45, 2.75) is 38.7 Å². The molecule has 0 bridgehead atoms. The van der Waals surface area contributed by atoms with E-state index in [-0.39, 0.29) is 23.3 Å². The second-order valence-electron chi connectivity index (χ2n) is 11.3. The zero-order valence-electron chi connectivity index (χ0n) is 24.3. The number of nitrogens with one attached hydrogen (secondary N) is 2. The van der Waals surface area contributed by atoms with Crippen LogP contribution in [0.1, 0.15) is 35.3 Å². The molecule has 1 aromatic heterocycles. The van der Waals surface area contributed by atoms with Crippen molar-refractivity contribution >= 4 is 17.3 Å². The molecule has 2 atom stereocenters. The second kappa shape index (κ2) is 12.5. The largest absolute Gasteiger partial charge is 0.417 e. The van der Waals surface area contributed by atoms with Crippen molar-refractivity contribution < 1.29 is 27.1 Å². The summed E-state index contributed by atoms with van der Waals surface area (Å²) < 4.78 is 62.6. The molecule has 12 heteroatoms. The first-order chi connectivity index (χ1) is 20.4. The highest BCUT2D eigenvalue weighted by Crippen LogP contribution is 2.37. The normalized spacial score (nSPS) is 20.3. The smallest absolute Gasteiger partial charge is 0.379 e. The Morgan fingerprint density at radius 1 is 1.07 bits per heavy atom. The van der Waals surface area contributed by atoms with E-state index in [1.807, 2.05) is 44.0 Å². The molecule has 1 amide bonds. The number of nitrogens with zero attached hydrogens (tertiary/aromatic N) is 3. The van der Waals surface area contributed by atoms with Crippen LogP contribution in [0.2, 0.25) is 0 Å². The molecule has 0 spiro atoms. The van der Waals surface area contributed by atoms with Crippen molar-refractivity contribution in [3.63, 3.8) is 0 Å². The molecule has 2 aliphatic rings. The fourth-order valence-corrected chi connectivity index (χ4v) is 5.69. The number of likely N-dealkylation sites (N-methyl/N-ethyl adjacent to an activating group) is 1. The van der Waals surface area contributed by atoms with Gasteiger partial charge in [-0.15, -0.1) is 0 Å². The lowest BCUT2D eigenvalue weighted by molar-refractivity contribution is -0.138. The molecule has 2 aliphatic heterocycles. The number of hydrogen-bond donors (Lipinski definition) is 2. The number of benzene rings is 2. The van der Waals surface area contributed by atoms with E-state index in [0.29, 0.717) is 50.2 Å². The minimum Gasteiger partial charge on any atom is -0.379 e. The molecule has 8 nitrogen and oxygen atoms in total. The number of hydrogen-bond acceptors (Lipinski definition) is 6. The number of morpholine rings is 1. The van der Waals surface area contributed by atoms with Crippen LogP contribution in [0.3, 0.4) is 0 Å². The molecule has 3 aromatic rings. The van der Waals surface area contributed by atoms with Gasteiger partial charge in [-0.3, -0.25) is 19.4 Å². The Balaban J connectivity index is 1.55. The van der Waals surface area contributed by atoms with Gasteiger partial charge in [-0.2, -0.15) is 13.2 Å². The Morgan fingerprint density at radius 3 is 2.44 bits per heavy atom. The average molecular weight is 602 g/mol. The molecule has 2 aromatic carbocycles. The third-order valence-corrected chi connectivity index (χ3v) is 8.26. The van der Waals surface area contributed by atoms with Gasteiger partial charge in [0.2, 0.25) is 5.56 Å². The molecule has 2 saturated heterocycles. The Kier molecular flexibility index (Phi) is 8.91. The van der Waals surface area contributed by atoms with Gasteiger partial charge in [0, 0.05) is 62.6 Å². The average Bonchev–Trinajstić information content (AvgIpc) is 2.96. The van der Waals surface area contributed by atoms with Gasteiger partial charge in [-0.1, -0.05) is 18.2 Å². The SMILES string of the molecule is C[C@@H]1CN(c2cc(F)c(-c3cccc(CN4CCOCC4)c3)cc2NC(=O)c2c[nH]c(=O)cc2C(F)(F)F)C[C@H](C)N1C. The standard InChI is InChI=1S/C31H35F4N5O3/c1-19-16-40(17-20(2)38(19)3)28-14-26(32)23(22-6-4-5-21(11-22)18-39-7-9-43-10-8-39)12-27(28)37-30(42)24-15-36-29(41)13-25(24)31(33,34)35/h4-6,11-15,19-20H,7-10,16-18H2,1-3H3,(H,36,41)(H,37,42)/t19-,20+. The Bertz CT molecular complexity index is 1520. The summed E-state index contributed by atoms with van der Waals surface area (Å²) in [5.74, 6) is -1.59. The van der Waals surface area contributed by atoms with Crippen molar-refractivity contribution in [2.75, 3.05) is 56.7 Å². The van der Waals surface area contributed by atoms with Crippen molar-refractivity contribution in [3.05, 3.63) is 81.5 Å². The molecule has 5 rings (SSSR count). The number of rotatable bonds is 6. The summed E-state index contributed by atoms with van der Waals surface area (Å²) in [6, 6.07) is 10.8. The Morgan fingerprint density at radius 2 is 1.77 bits per heavy atom. The molecule has 3 heterocycles. The van der Waals surface area contributed by atoms with Gasteiger partial charge in [0.1, 0.15) is 5.82 Å². The minimum absolute atomic E-state index is 0.0999. The lowest BCUT2D eigenvalue weighted by Gasteiger charge is -2.44. The first-order valence-corrected chi connectivity index (χ1v) is 14.2. The molecule has 2 N–H and O–H groups in total. The second-order valence-corrected chi connectivity index (χ2v) is 11.3. The van der Waals surface area contributed by atoms with Crippen molar-refractivity contribution in [2.24, 2.45) is 0 Å². The van der Waals surface area contributed by atoms with Gasteiger partial charge in [-0.25, -0.2) is 4.39 Å². The summed E-state index contributed by atoms with van der Waals surface area (Å²) in [5, 5.41) is 2.61. The van der Waals surface area contributed by atoms with E-state index in [1.165, 1.54) is 12.1 Å². The van der Waals surface area contributed by atoms with Gasteiger partial charge >= 0.3 is 6.18 Å². The highest BCUT2D eigenvalue weighted by Gasteiger charge is 2.36. The van der Waals surface area contributed by atoms with E-state index in [2.05, 4.69) is 20.1 Å². The number of ether oxygens (including phenoxy) is 1.